The second-order valence-electron chi connectivity index (χ2n) is 39.1. The molecule has 150 heavy (non-hydrogen) atoms. The fraction of sp³-hybridized carbons (Fsp3) is 0.778. The highest BCUT2D eigenvalue weighted by atomic mass is 31.2. The number of carbonyl (C=O) groups is 10. The summed E-state index contributed by atoms with van der Waals surface area (Å²) in [5, 5.41) is 61.1. The monoisotopic (exact) mass is 2320 g/mol. The quantitative estimate of drug-likeness (QED) is 0.0125. The Morgan fingerprint density at radius 3 is 1.00 bits per heavy atom. The summed E-state index contributed by atoms with van der Waals surface area (Å²) in [4.78, 5) is 260. The van der Waals surface area contributed by atoms with Crippen molar-refractivity contribution in [3.63, 3.8) is 0 Å². The van der Waals surface area contributed by atoms with Crippen LogP contribution >= 0.6 is 62.6 Å². The number of phosphoric acid groups is 8. The average Bonchev–Trinajstić information content (AvgIpc) is 0.812. The molecule has 2 rings (SSSR count). The number of nitrogens with zero attached hydrogens (tertiary/aromatic N) is 2. The number of amides is 2. The van der Waals surface area contributed by atoms with Crippen molar-refractivity contribution in [3.8, 4) is 0 Å². The first-order valence-electron chi connectivity index (χ1n) is 48.5. The lowest BCUT2D eigenvalue weighted by molar-refractivity contribution is -0.139. The number of carbonyl (C=O) groups excluding carboxylic acids is 10. The van der Waals surface area contributed by atoms with E-state index in [9.17, 15) is 99.8 Å². The van der Waals surface area contributed by atoms with Gasteiger partial charge in [-0.25, -0.2) is 46.5 Å². The number of rotatable bonds is 69. The summed E-state index contributed by atoms with van der Waals surface area (Å²) in [5.74, 6) is 0.778. The molecule has 2 heterocycles. The average molecular weight is 2330 g/mol. The number of aliphatic hydroxyl groups excluding tert-OH is 6. The molecule has 2 amide bonds. The number of hydrogen-bond acceptors (Lipinski definition) is 34. The minimum absolute atomic E-state index is 0.0158. The topological polar surface area (TPSA) is 876 Å². The first-order chi connectivity index (χ1) is 68.0. The van der Waals surface area contributed by atoms with Crippen molar-refractivity contribution in [2.75, 3.05) is 26.4 Å². The van der Waals surface area contributed by atoms with Crippen LogP contribution in [0.2, 0.25) is 0 Å². The molecule has 880 valence electrons. The molecule has 1 aromatic heterocycles. The van der Waals surface area contributed by atoms with E-state index in [1.54, 1.807) is 20.8 Å². The van der Waals surface area contributed by atoms with Gasteiger partial charge in [-0.05, 0) is 205 Å². The predicted molar refractivity (Wildman–Crippen MR) is 550 cm³/mol. The standard InChI is InChI=1S/C14H29O6P.C14H27O6P.C12H25O6P.2C12H23O6P.C11H21N2O6P.C8H11N2O5P.C7H13O7P/c2*1-11(2)5-6-12(15)7-8-13(16)9-10-14(3,4)20-21(17,18)19;3*1-10(2)5-6-12(14)8-7-11(13)4-3-9-18-19(15,16)17;1-6(2)8-10(15)12-7(9(14)13-8)5-11(3,4)19-20(16,17)18;1-2-8(11)7-3-6(9-5-10-7)4-15-16(12,13)14;1-2-6(9)7(10)3-5(8)4-14-15(11,12)13/h11,13,16H,5-10H2,1-4H3,(H2,17,18,19);11H,5-10H2,1-4H3,(H2,17,18,19);10,12,14H,3-9H2,1-2H3,(H2,15,16,17);2*10H,3-9H2,1-2H3,(H2,15,16,17);6-8H,5H2,1-4H3,(H,12,15)(H,13,14)(H2,16,17,18);2-3,5,11H,4H2,1H3,(H2,12,13,14);2-3,5,8-10H,4H2,1H3,(H2,11,12,13)/b;;;;;;8-2-;6-2-,7-3-. The van der Waals surface area contributed by atoms with E-state index in [1.165, 1.54) is 59.2 Å². The molecule has 0 radical (unpaired) electrons. The van der Waals surface area contributed by atoms with Crippen LogP contribution in [0.15, 0.2) is 42.1 Å². The smallest absolute Gasteiger partial charge is 0.470 e. The van der Waals surface area contributed by atoms with E-state index < -0.39 is 128 Å². The summed E-state index contributed by atoms with van der Waals surface area (Å²) >= 11 is 0. The highest BCUT2D eigenvalue weighted by Crippen LogP contribution is 2.46. The molecule has 1 fully saturated rings. The molecule has 5 atom stereocenters. The van der Waals surface area contributed by atoms with Crippen LogP contribution in [-0.2, 0) is 127 Å². The van der Waals surface area contributed by atoms with Gasteiger partial charge in [0.1, 0.15) is 82.7 Å². The molecule has 0 saturated carbocycles. The van der Waals surface area contributed by atoms with Crippen molar-refractivity contribution < 1.29 is 230 Å². The summed E-state index contributed by atoms with van der Waals surface area (Å²) in [7, 11) is -36.2. The van der Waals surface area contributed by atoms with Crippen molar-refractivity contribution in [1.29, 1.82) is 0 Å². The Kier molecular flexibility index (Phi) is 82.5. The summed E-state index contributed by atoms with van der Waals surface area (Å²) in [6.45, 7) is 34.8. The molecule has 0 aromatic carbocycles. The Labute approximate surface area is 879 Å². The van der Waals surface area contributed by atoms with E-state index in [2.05, 4.69) is 84.5 Å². The van der Waals surface area contributed by atoms with Crippen LogP contribution in [0.5, 0.6) is 0 Å². The Balaban J connectivity index is -0.000000396. The Morgan fingerprint density at radius 1 is 0.360 bits per heavy atom. The maximum Gasteiger partial charge on any atom is 0.470 e. The number of phosphoric ester groups is 8. The van der Waals surface area contributed by atoms with Crippen molar-refractivity contribution in [1.82, 2.24) is 20.6 Å². The normalized spacial score (nSPS) is 14.8. The van der Waals surface area contributed by atoms with Crippen LogP contribution in [0, 0.1) is 35.5 Å². The van der Waals surface area contributed by atoms with Gasteiger partial charge in [-0.1, -0.05) is 83.1 Å². The van der Waals surface area contributed by atoms with Gasteiger partial charge in [0.15, 0.2) is 11.5 Å². The Hall–Kier alpha value is -5.24. The molecule has 0 bridgehead atoms. The minimum atomic E-state index is -4.66. The lowest BCUT2D eigenvalue weighted by Gasteiger charge is -2.35. The minimum Gasteiger partial charge on any atom is -0.506 e. The Bertz CT molecular complexity index is 4540. The van der Waals surface area contributed by atoms with Crippen molar-refractivity contribution in [2.24, 2.45) is 35.5 Å². The second kappa shape index (κ2) is 79.7. The van der Waals surface area contributed by atoms with E-state index in [0.29, 0.717) is 100 Å². The molecule has 5 unspecified atom stereocenters. The molecule has 60 heteroatoms. The predicted octanol–water partition coefficient (Wildman–Crippen LogP) is 13.6. The SMILES string of the molecule is C/C=C(O)/C(O)=C/C(O)COP(=O)(O)O.C/C=C(\O)c1cc(COP(=O)(O)O)ncn1.CC(C)C1NC(=O)C(CC(C)(C)OP(=O)(O)O)NC1=O.CC(C)CCC(=O)CCC(=O)CCC(C)(C)OP(=O)(O)O.CC(C)CCC(=O)CCC(=O)CCCOP(=O)(O)O.CC(C)CCC(=O)CCC(=O)CCCOP(=O)(O)O.CC(C)CCC(=O)CCC(O)CCC(C)(C)OP(=O)(O)O.CC(C)CCC(O)CCC(=O)CCCOP(=O)(O)O. The number of allylic oxidation sites excluding steroid dienone is 2. The van der Waals surface area contributed by atoms with E-state index >= 15 is 0 Å². The molecule has 0 aliphatic carbocycles. The third-order valence-electron chi connectivity index (χ3n) is 19.9. The molecule has 24 N–H and O–H groups in total. The van der Waals surface area contributed by atoms with E-state index in [1.807, 2.05) is 55.4 Å². The van der Waals surface area contributed by atoms with Gasteiger partial charge in [0.05, 0.1) is 67.2 Å². The van der Waals surface area contributed by atoms with Crippen LogP contribution < -0.4 is 10.6 Å². The van der Waals surface area contributed by atoms with Gasteiger partial charge >= 0.3 is 62.6 Å². The third-order valence-corrected chi connectivity index (χ3v) is 24.6. The first kappa shape index (κ1) is 155. The number of nitrogens with one attached hydrogen (secondary N) is 2. The molecule has 1 aliphatic rings. The van der Waals surface area contributed by atoms with Gasteiger partial charge in [-0.2, -0.15) is 0 Å². The number of piperazine rings is 1. The molecule has 1 saturated heterocycles. The molecule has 1 aliphatic heterocycles. The highest BCUT2D eigenvalue weighted by Gasteiger charge is 2.41. The van der Waals surface area contributed by atoms with E-state index in [-0.39, 0.29) is 204 Å². The van der Waals surface area contributed by atoms with Gasteiger partial charge < -0.3 is 120 Å². The zero-order chi connectivity index (χ0) is 118. The summed E-state index contributed by atoms with van der Waals surface area (Å²) in [6.07, 6.45) is 14.2. The number of aliphatic hydroxyl groups is 6. The molecule has 52 nitrogen and oxygen atoms in total. The largest absolute Gasteiger partial charge is 0.506 e. The highest BCUT2D eigenvalue weighted by molar-refractivity contribution is 7.48. The van der Waals surface area contributed by atoms with Gasteiger partial charge in [0, 0.05) is 109 Å². The number of hydrogen-bond donors (Lipinski definition) is 24. The van der Waals surface area contributed by atoms with Crippen LogP contribution in [0.25, 0.3) is 5.76 Å². The number of aromatic nitrogens is 2. The van der Waals surface area contributed by atoms with Crippen LogP contribution in [0.1, 0.15) is 349 Å². The summed E-state index contributed by atoms with van der Waals surface area (Å²) in [6, 6.07) is -0.0889. The number of ketones is 8. The maximum atomic E-state index is 11.9. The molecule has 0 spiro atoms. The van der Waals surface area contributed by atoms with Gasteiger partial charge in [0.25, 0.3) is 0 Å². The molecule has 1 aromatic rings. The Morgan fingerprint density at radius 2 is 0.673 bits per heavy atom. The van der Waals surface area contributed by atoms with Gasteiger partial charge in [-0.15, -0.1) is 0 Å². The van der Waals surface area contributed by atoms with Crippen molar-refractivity contribution in [2.45, 2.75) is 391 Å². The molecular weight excluding hydrogens is 2150 g/mol. The van der Waals surface area contributed by atoms with E-state index in [0.717, 1.165) is 38.2 Å². The molecular formula is C90H172N4O48P8. The fourth-order valence-electron chi connectivity index (χ4n) is 11.8. The fourth-order valence-corrected chi connectivity index (χ4v) is 15.8. The first-order valence-corrected chi connectivity index (χ1v) is 60.8. The van der Waals surface area contributed by atoms with Crippen LogP contribution in [-0.4, -0.2) is 251 Å². The lowest BCUT2D eigenvalue weighted by atomic mass is 9.94. The van der Waals surface area contributed by atoms with E-state index in [4.69, 9.17) is 93.6 Å². The van der Waals surface area contributed by atoms with Gasteiger partial charge in [-0.3, -0.25) is 84.1 Å². The zero-order valence-corrected chi connectivity index (χ0v) is 96.8. The maximum absolute atomic E-state index is 11.9. The van der Waals surface area contributed by atoms with Crippen molar-refractivity contribution in [3.05, 3.63) is 53.5 Å². The van der Waals surface area contributed by atoms with Crippen molar-refractivity contribution >= 4 is 126 Å². The zero-order valence-electron chi connectivity index (χ0n) is 89.6. The lowest BCUT2D eigenvalue weighted by Crippen LogP contribution is -2.64. The van der Waals surface area contributed by atoms with Gasteiger partial charge in [0.2, 0.25) is 11.8 Å². The van der Waals surface area contributed by atoms with Crippen LogP contribution in [0.4, 0.5) is 0 Å². The third kappa shape index (κ3) is 110. The second-order valence-corrected chi connectivity index (χ2v) is 48.8. The van der Waals surface area contributed by atoms with Crippen LogP contribution in [0.3, 0.4) is 0 Å². The summed E-state index contributed by atoms with van der Waals surface area (Å²) in [5.41, 5.74) is -2.81. The number of Topliss-reactive ketones (excluding diaryl/α,β-unsaturated/α-hetero) is 8. The summed E-state index contributed by atoms with van der Waals surface area (Å²) < 4.78 is 119.